The Balaban J connectivity index is 2.19. The van der Waals surface area contributed by atoms with E-state index in [0.29, 0.717) is 10.9 Å². The van der Waals surface area contributed by atoms with Crippen LogP contribution in [0.2, 0.25) is 0 Å². The zero-order valence-electron chi connectivity index (χ0n) is 13.3. The van der Waals surface area contributed by atoms with Crippen LogP contribution in [0.25, 0.3) is 22.2 Å². The molecule has 0 unspecified atom stereocenters. The molecule has 0 aliphatic heterocycles. The molecular weight excluding hydrogens is 331 g/mol. The molecule has 0 N–H and O–H groups in total. The average molecular weight is 345 g/mol. The van der Waals surface area contributed by atoms with E-state index < -0.39 is 17.7 Å². The van der Waals surface area contributed by atoms with E-state index in [9.17, 15) is 18.0 Å². The van der Waals surface area contributed by atoms with E-state index in [4.69, 9.17) is 4.74 Å². The van der Waals surface area contributed by atoms with Gasteiger partial charge in [0.1, 0.15) is 0 Å². The number of esters is 1. The van der Waals surface area contributed by atoms with Gasteiger partial charge in [0.2, 0.25) is 0 Å². The van der Waals surface area contributed by atoms with Crippen molar-refractivity contribution in [3.05, 3.63) is 65.7 Å². The van der Waals surface area contributed by atoms with Gasteiger partial charge in [-0.3, -0.25) is 0 Å². The van der Waals surface area contributed by atoms with Crippen molar-refractivity contribution >= 4 is 16.9 Å². The summed E-state index contributed by atoms with van der Waals surface area (Å²) >= 11 is 0. The second-order valence-electron chi connectivity index (χ2n) is 5.37. The minimum absolute atomic E-state index is 0.203. The molecule has 0 saturated heterocycles. The summed E-state index contributed by atoms with van der Waals surface area (Å²) in [5.74, 6) is -0.533. The normalized spacial score (nSPS) is 11.5. The van der Waals surface area contributed by atoms with Crippen molar-refractivity contribution in [3.63, 3.8) is 0 Å². The van der Waals surface area contributed by atoms with Crippen LogP contribution in [-0.2, 0) is 10.9 Å². The first-order chi connectivity index (χ1) is 11.9. The highest BCUT2D eigenvalue weighted by atomic mass is 19.4. The van der Waals surface area contributed by atoms with Gasteiger partial charge in [-0.1, -0.05) is 30.3 Å². The van der Waals surface area contributed by atoms with E-state index in [1.165, 1.54) is 18.2 Å². The first-order valence-electron chi connectivity index (χ1n) is 7.64. The Morgan fingerprint density at radius 3 is 2.56 bits per heavy atom. The average Bonchev–Trinajstić information content (AvgIpc) is 2.60. The summed E-state index contributed by atoms with van der Waals surface area (Å²) < 4.78 is 43.9. The zero-order valence-corrected chi connectivity index (χ0v) is 13.3. The molecule has 2 aromatic carbocycles. The van der Waals surface area contributed by atoms with Crippen molar-refractivity contribution < 1.29 is 22.7 Å². The van der Waals surface area contributed by atoms with E-state index in [0.717, 1.165) is 12.1 Å². The summed E-state index contributed by atoms with van der Waals surface area (Å²) in [6, 6.07) is 13.3. The zero-order chi connectivity index (χ0) is 18.0. The second kappa shape index (κ2) is 6.55. The van der Waals surface area contributed by atoms with Crippen molar-refractivity contribution in [2.75, 3.05) is 6.61 Å². The van der Waals surface area contributed by atoms with Crippen LogP contribution in [0.5, 0.6) is 0 Å². The molecule has 0 atom stereocenters. The first-order valence-corrected chi connectivity index (χ1v) is 7.64. The molecule has 0 aliphatic rings. The van der Waals surface area contributed by atoms with Gasteiger partial charge in [-0.05, 0) is 31.2 Å². The van der Waals surface area contributed by atoms with Gasteiger partial charge in [0.15, 0.2) is 0 Å². The fourth-order valence-corrected chi connectivity index (χ4v) is 2.56. The minimum atomic E-state index is -4.45. The monoisotopic (exact) mass is 345 g/mol. The van der Waals surface area contributed by atoms with Gasteiger partial charge in [0.05, 0.1) is 28.9 Å². The molecule has 0 amide bonds. The van der Waals surface area contributed by atoms with Gasteiger partial charge in [-0.15, -0.1) is 0 Å². The number of carbonyl (C=O) groups is 1. The number of pyridine rings is 1. The van der Waals surface area contributed by atoms with Crippen LogP contribution in [0.3, 0.4) is 0 Å². The summed E-state index contributed by atoms with van der Waals surface area (Å²) in [4.78, 5) is 16.6. The molecule has 1 aromatic heterocycles. The quantitative estimate of drug-likeness (QED) is 0.620. The van der Waals surface area contributed by atoms with Crippen LogP contribution in [-0.4, -0.2) is 17.6 Å². The highest BCUT2D eigenvalue weighted by Crippen LogP contribution is 2.32. The number of halogens is 3. The topological polar surface area (TPSA) is 39.2 Å². The smallest absolute Gasteiger partial charge is 0.416 e. The number of alkyl halides is 3. The Kier molecular flexibility index (Phi) is 4.44. The number of fused-ring (bicyclic) bond motifs is 1. The summed E-state index contributed by atoms with van der Waals surface area (Å²) in [5.41, 5.74) is 0.594. The van der Waals surface area contributed by atoms with Gasteiger partial charge in [-0.25, -0.2) is 9.78 Å². The van der Waals surface area contributed by atoms with E-state index in [-0.39, 0.29) is 23.4 Å². The second-order valence-corrected chi connectivity index (χ2v) is 5.37. The largest absolute Gasteiger partial charge is 0.462 e. The minimum Gasteiger partial charge on any atom is -0.462 e. The fraction of sp³-hybridized carbons (Fsp3) is 0.158. The van der Waals surface area contributed by atoms with E-state index in [1.807, 2.05) is 0 Å². The van der Waals surface area contributed by atoms with E-state index >= 15 is 0 Å². The maximum atomic E-state index is 12.9. The predicted octanol–water partition coefficient (Wildman–Crippen LogP) is 5.10. The number of para-hydroxylation sites is 1. The molecule has 0 fully saturated rings. The van der Waals surface area contributed by atoms with Crippen LogP contribution in [0.4, 0.5) is 13.2 Å². The fourth-order valence-electron chi connectivity index (χ4n) is 2.56. The first kappa shape index (κ1) is 17.0. The summed E-state index contributed by atoms with van der Waals surface area (Å²) in [6.45, 7) is 1.89. The molecule has 128 valence electrons. The van der Waals surface area contributed by atoms with Crippen molar-refractivity contribution in [2.45, 2.75) is 13.1 Å². The number of hydrogen-bond acceptors (Lipinski definition) is 3. The Hall–Kier alpha value is -2.89. The standard InChI is InChI=1S/C19H14F3NO2/c1-2-25-18(24)15-11-17(23-16-9-4-3-8-14(15)16)12-6-5-7-13(10-12)19(20,21)22/h3-11H,2H2,1H3. The molecule has 0 aliphatic carbocycles. The van der Waals surface area contributed by atoms with Crippen molar-refractivity contribution in [2.24, 2.45) is 0 Å². The molecule has 0 radical (unpaired) electrons. The van der Waals surface area contributed by atoms with Crippen molar-refractivity contribution in [1.82, 2.24) is 4.98 Å². The Morgan fingerprint density at radius 2 is 1.84 bits per heavy atom. The maximum Gasteiger partial charge on any atom is 0.416 e. The maximum absolute atomic E-state index is 12.9. The third kappa shape index (κ3) is 3.47. The number of rotatable bonds is 3. The van der Waals surface area contributed by atoms with E-state index in [1.54, 1.807) is 31.2 Å². The third-order valence-corrected chi connectivity index (χ3v) is 3.70. The van der Waals surface area contributed by atoms with Gasteiger partial charge in [-0.2, -0.15) is 13.2 Å². The predicted molar refractivity (Wildman–Crippen MR) is 88.1 cm³/mol. The molecule has 0 spiro atoms. The lowest BCUT2D eigenvalue weighted by molar-refractivity contribution is -0.137. The van der Waals surface area contributed by atoms with Gasteiger partial charge < -0.3 is 4.74 Å². The van der Waals surface area contributed by atoms with Crippen LogP contribution < -0.4 is 0 Å². The molecule has 6 heteroatoms. The number of carbonyl (C=O) groups excluding carboxylic acids is 1. The molecule has 25 heavy (non-hydrogen) atoms. The van der Waals surface area contributed by atoms with Crippen molar-refractivity contribution in [3.8, 4) is 11.3 Å². The number of hydrogen-bond donors (Lipinski definition) is 0. The molecule has 1 heterocycles. The summed E-state index contributed by atoms with van der Waals surface area (Å²) in [5, 5.41) is 0.594. The highest BCUT2D eigenvalue weighted by Gasteiger charge is 2.30. The summed E-state index contributed by atoms with van der Waals surface area (Å²) in [6.07, 6.45) is -4.45. The molecule has 3 aromatic rings. The highest BCUT2D eigenvalue weighted by molar-refractivity contribution is 6.04. The molecule has 0 bridgehead atoms. The Morgan fingerprint density at radius 1 is 1.08 bits per heavy atom. The number of aromatic nitrogens is 1. The van der Waals surface area contributed by atoms with Crippen LogP contribution in [0, 0.1) is 0 Å². The molecular formula is C19H14F3NO2. The molecule has 3 rings (SSSR count). The lowest BCUT2D eigenvalue weighted by atomic mass is 10.0. The van der Waals surface area contributed by atoms with Crippen LogP contribution in [0.1, 0.15) is 22.8 Å². The lowest BCUT2D eigenvalue weighted by Crippen LogP contribution is -2.07. The Labute approximate surface area is 142 Å². The van der Waals surface area contributed by atoms with Gasteiger partial charge >= 0.3 is 12.1 Å². The summed E-state index contributed by atoms with van der Waals surface area (Å²) in [7, 11) is 0. The van der Waals surface area contributed by atoms with Crippen LogP contribution in [0.15, 0.2) is 54.6 Å². The van der Waals surface area contributed by atoms with Crippen molar-refractivity contribution in [1.29, 1.82) is 0 Å². The Bertz CT molecular complexity index is 935. The van der Waals surface area contributed by atoms with Gasteiger partial charge in [0.25, 0.3) is 0 Å². The molecule has 3 nitrogen and oxygen atoms in total. The van der Waals surface area contributed by atoms with Gasteiger partial charge in [0, 0.05) is 10.9 Å². The lowest BCUT2D eigenvalue weighted by Gasteiger charge is -2.11. The molecule has 0 saturated carbocycles. The third-order valence-electron chi connectivity index (χ3n) is 3.70. The van der Waals surface area contributed by atoms with E-state index in [2.05, 4.69) is 4.98 Å². The number of benzene rings is 2. The van der Waals surface area contributed by atoms with Crippen LogP contribution >= 0.6 is 0 Å². The number of nitrogens with zero attached hydrogens (tertiary/aromatic N) is 1. The SMILES string of the molecule is CCOC(=O)c1cc(-c2cccc(C(F)(F)F)c2)nc2ccccc12. The number of ether oxygens (including phenoxy) is 1.